The third-order valence-electron chi connectivity index (χ3n) is 7.85. The van der Waals surface area contributed by atoms with E-state index in [-0.39, 0.29) is 11.8 Å². The van der Waals surface area contributed by atoms with Gasteiger partial charge in [-0.25, -0.2) is 0 Å². The lowest BCUT2D eigenvalue weighted by atomic mass is 9.54. The predicted octanol–water partition coefficient (Wildman–Crippen LogP) is 5.02. The van der Waals surface area contributed by atoms with Gasteiger partial charge >= 0.3 is 0 Å². The molecule has 0 saturated heterocycles. The summed E-state index contributed by atoms with van der Waals surface area (Å²) in [6.45, 7) is 17.0. The van der Waals surface area contributed by atoms with Crippen molar-refractivity contribution in [3.63, 3.8) is 0 Å². The largest absolute Gasteiger partial charge is 0.392 e. The molecule has 4 heteroatoms. The van der Waals surface area contributed by atoms with Gasteiger partial charge in [0.25, 0.3) is 0 Å². The molecule has 0 aromatic carbocycles. The zero-order valence-corrected chi connectivity index (χ0v) is 21.0. The second kappa shape index (κ2) is 12.2. The van der Waals surface area contributed by atoms with Gasteiger partial charge in [0.05, 0.1) is 24.4 Å². The number of rotatable bonds is 12. The Morgan fingerprint density at radius 1 is 0.733 bits per heavy atom. The predicted molar refractivity (Wildman–Crippen MR) is 125 cm³/mol. The second-order valence-corrected chi connectivity index (χ2v) is 11.6. The molecule has 0 aliphatic heterocycles. The molecule has 0 aromatic rings. The minimum Gasteiger partial charge on any atom is -0.392 e. The third kappa shape index (κ3) is 6.67. The van der Waals surface area contributed by atoms with Crippen LogP contribution in [0.4, 0.5) is 0 Å². The summed E-state index contributed by atoms with van der Waals surface area (Å²) in [6, 6.07) is 0. The molecule has 1 aliphatic carbocycles. The van der Waals surface area contributed by atoms with Gasteiger partial charge in [-0.15, -0.1) is 0 Å². The highest BCUT2D eigenvalue weighted by Crippen LogP contribution is 2.52. The van der Waals surface area contributed by atoms with Crippen molar-refractivity contribution in [3.8, 4) is 0 Å². The van der Waals surface area contributed by atoms with E-state index in [2.05, 4.69) is 41.5 Å². The molecule has 7 unspecified atom stereocenters. The minimum atomic E-state index is -0.903. The minimum absolute atomic E-state index is 0.00631. The van der Waals surface area contributed by atoms with E-state index in [0.29, 0.717) is 17.8 Å². The second-order valence-electron chi connectivity index (χ2n) is 11.6. The first kappa shape index (κ1) is 27.9. The third-order valence-corrected chi connectivity index (χ3v) is 7.85. The van der Waals surface area contributed by atoms with Crippen LogP contribution in [-0.2, 0) is 0 Å². The number of aliphatic hydroxyl groups is 4. The topological polar surface area (TPSA) is 80.9 Å². The summed E-state index contributed by atoms with van der Waals surface area (Å²) in [4.78, 5) is 0. The van der Waals surface area contributed by atoms with Crippen LogP contribution in [0.25, 0.3) is 0 Å². The van der Waals surface area contributed by atoms with Gasteiger partial charge in [0, 0.05) is 17.3 Å². The molecule has 30 heavy (non-hydrogen) atoms. The molecule has 0 radical (unpaired) electrons. The van der Waals surface area contributed by atoms with Crippen molar-refractivity contribution in [3.05, 3.63) is 0 Å². The highest BCUT2D eigenvalue weighted by Gasteiger charge is 2.59. The molecule has 1 fully saturated rings. The van der Waals surface area contributed by atoms with E-state index in [0.717, 1.165) is 44.9 Å². The maximum atomic E-state index is 11.7. The molecule has 4 nitrogen and oxygen atoms in total. The maximum absolute atomic E-state index is 11.7. The van der Waals surface area contributed by atoms with Gasteiger partial charge in [-0.05, 0) is 42.9 Å². The molecule has 7 atom stereocenters. The van der Waals surface area contributed by atoms with Gasteiger partial charge in [0.1, 0.15) is 0 Å². The van der Waals surface area contributed by atoms with E-state index in [4.69, 9.17) is 0 Å². The monoisotopic (exact) mass is 428 g/mol. The van der Waals surface area contributed by atoms with E-state index in [1.165, 1.54) is 0 Å². The lowest BCUT2D eigenvalue weighted by Gasteiger charge is -2.56. The molecular formula is C26H52O4. The Balaban J connectivity index is 3.42. The first-order chi connectivity index (χ1) is 13.9. The van der Waals surface area contributed by atoms with Crippen molar-refractivity contribution < 1.29 is 20.4 Å². The van der Waals surface area contributed by atoms with Gasteiger partial charge in [-0.1, -0.05) is 81.1 Å². The van der Waals surface area contributed by atoms with Crippen LogP contribution in [-0.4, -0.2) is 44.8 Å². The summed E-state index contributed by atoms with van der Waals surface area (Å²) in [5.41, 5.74) is -0.672. The quantitative estimate of drug-likeness (QED) is 0.352. The van der Waals surface area contributed by atoms with Crippen molar-refractivity contribution >= 4 is 0 Å². The molecule has 1 saturated carbocycles. The van der Waals surface area contributed by atoms with Crippen LogP contribution < -0.4 is 0 Å². The lowest BCUT2D eigenvalue weighted by molar-refractivity contribution is -0.231. The SMILES string of the molecule is CCC(C)C(O)C1C(O)C(CCC(C)C)C(O)C(CCC(C)C)(CCC(C)C)C1O. The van der Waals surface area contributed by atoms with Crippen LogP contribution in [0.1, 0.15) is 100 Å². The Kier molecular flexibility index (Phi) is 11.3. The van der Waals surface area contributed by atoms with Crippen molar-refractivity contribution in [2.24, 2.45) is 40.9 Å². The zero-order valence-electron chi connectivity index (χ0n) is 21.0. The van der Waals surface area contributed by atoms with Crippen LogP contribution in [0, 0.1) is 40.9 Å². The molecule has 0 aromatic heterocycles. The maximum Gasteiger partial charge on any atom is 0.0699 e. The van der Waals surface area contributed by atoms with E-state index >= 15 is 0 Å². The van der Waals surface area contributed by atoms with E-state index in [1.807, 2.05) is 13.8 Å². The van der Waals surface area contributed by atoms with Gasteiger partial charge < -0.3 is 20.4 Å². The Labute approximate surface area is 186 Å². The van der Waals surface area contributed by atoms with E-state index in [1.54, 1.807) is 0 Å². The van der Waals surface area contributed by atoms with Crippen molar-refractivity contribution in [2.45, 2.75) is 125 Å². The highest BCUT2D eigenvalue weighted by atomic mass is 16.3. The van der Waals surface area contributed by atoms with Crippen LogP contribution >= 0.6 is 0 Å². The van der Waals surface area contributed by atoms with Crippen molar-refractivity contribution in [2.75, 3.05) is 0 Å². The molecule has 1 rings (SSSR count). The van der Waals surface area contributed by atoms with Crippen LogP contribution in [0.5, 0.6) is 0 Å². The Bertz CT molecular complexity index is 464. The zero-order chi connectivity index (χ0) is 23.2. The Hall–Kier alpha value is -0.160. The van der Waals surface area contributed by atoms with Crippen LogP contribution in [0.3, 0.4) is 0 Å². The average molecular weight is 429 g/mol. The molecule has 1 aliphatic rings. The van der Waals surface area contributed by atoms with Crippen molar-refractivity contribution in [1.82, 2.24) is 0 Å². The molecule has 0 amide bonds. The lowest BCUT2D eigenvalue weighted by Crippen LogP contribution is -2.65. The van der Waals surface area contributed by atoms with Crippen molar-refractivity contribution in [1.29, 1.82) is 0 Å². The van der Waals surface area contributed by atoms with Gasteiger partial charge in [-0.3, -0.25) is 0 Å². The summed E-state index contributed by atoms with van der Waals surface area (Å²) in [5, 5.41) is 45.8. The van der Waals surface area contributed by atoms with Gasteiger partial charge in [0.2, 0.25) is 0 Å². The Morgan fingerprint density at radius 2 is 1.20 bits per heavy atom. The fourth-order valence-electron chi connectivity index (χ4n) is 5.34. The fourth-order valence-corrected chi connectivity index (χ4v) is 5.34. The first-order valence-electron chi connectivity index (χ1n) is 12.6. The molecule has 180 valence electrons. The summed E-state index contributed by atoms with van der Waals surface area (Å²) >= 11 is 0. The van der Waals surface area contributed by atoms with Gasteiger partial charge in [0.15, 0.2) is 0 Å². The smallest absolute Gasteiger partial charge is 0.0699 e. The summed E-state index contributed by atoms with van der Waals surface area (Å²) in [7, 11) is 0. The highest BCUT2D eigenvalue weighted by molar-refractivity contribution is 5.08. The summed E-state index contributed by atoms with van der Waals surface area (Å²) < 4.78 is 0. The van der Waals surface area contributed by atoms with Gasteiger partial charge in [-0.2, -0.15) is 0 Å². The summed E-state index contributed by atoms with van der Waals surface area (Å²) in [6.07, 6.45) is 2.43. The Morgan fingerprint density at radius 3 is 1.60 bits per heavy atom. The molecular weight excluding hydrogens is 376 g/mol. The standard InChI is InChI=1S/C26H52O4/c1-9-19(8)22(27)21-23(28)20(11-10-16(2)3)24(29)26(25(21)30,14-12-17(4)5)15-13-18(6)7/h16-25,27-30H,9-15H2,1-8H3. The fraction of sp³-hybridized carbons (Fsp3) is 1.00. The molecule has 0 spiro atoms. The number of hydrogen-bond donors (Lipinski definition) is 4. The molecule has 4 N–H and O–H groups in total. The molecule has 0 heterocycles. The van der Waals surface area contributed by atoms with Crippen LogP contribution in [0.15, 0.2) is 0 Å². The molecule has 0 bridgehead atoms. The van der Waals surface area contributed by atoms with E-state index < -0.39 is 35.7 Å². The first-order valence-corrected chi connectivity index (χ1v) is 12.6. The number of aliphatic hydroxyl groups excluding tert-OH is 4. The van der Waals surface area contributed by atoms with Crippen LogP contribution in [0.2, 0.25) is 0 Å². The normalized spacial score (nSPS) is 31.5. The average Bonchev–Trinajstić information content (AvgIpc) is 2.66. The summed E-state index contributed by atoms with van der Waals surface area (Å²) in [5.74, 6) is 0.500. The number of hydrogen-bond acceptors (Lipinski definition) is 4. The van der Waals surface area contributed by atoms with E-state index in [9.17, 15) is 20.4 Å².